The summed E-state index contributed by atoms with van der Waals surface area (Å²) in [4.78, 5) is 18.3. The first-order valence-corrected chi connectivity index (χ1v) is 9.94. The summed E-state index contributed by atoms with van der Waals surface area (Å²) in [6.45, 7) is 1.89. The van der Waals surface area contributed by atoms with Gasteiger partial charge < -0.3 is 15.0 Å². The molecule has 150 valence electrons. The summed E-state index contributed by atoms with van der Waals surface area (Å²) < 4.78 is 2.02. The molecule has 0 unspecified atom stereocenters. The lowest BCUT2D eigenvalue weighted by Crippen LogP contribution is -2.45. The van der Waals surface area contributed by atoms with Gasteiger partial charge in [-0.15, -0.1) is 36.6 Å². The number of nitrogens with one attached hydrogen (secondary N) is 2. The molecule has 1 aliphatic rings. The van der Waals surface area contributed by atoms with Crippen LogP contribution in [-0.2, 0) is 5.75 Å². The average molecular weight is 439 g/mol. The Balaban J connectivity index is 0.00000140. The number of nitrogens with zero attached hydrogens (tertiary/aromatic N) is 2. The maximum absolute atomic E-state index is 12.7. The fourth-order valence-electron chi connectivity index (χ4n) is 3.23. The monoisotopic (exact) mass is 438 g/mol. The number of piperidine rings is 1. The average Bonchev–Trinajstić information content (AvgIpc) is 3.10. The molecule has 0 saturated carbocycles. The molecule has 2 aromatic heterocycles. The van der Waals surface area contributed by atoms with Crippen LogP contribution in [0, 0.1) is 0 Å². The van der Waals surface area contributed by atoms with Crippen LogP contribution in [0.25, 0.3) is 5.65 Å². The van der Waals surface area contributed by atoms with E-state index in [4.69, 9.17) is 0 Å². The van der Waals surface area contributed by atoms with E-state index in [1.165, 1.54) is 0 Å². The Labute approximate surface area is 181 Å². The molecule has 0 radical (unpaired) electrons. The van der Waals surface area contributed by atoms with Gasteiger partial charge in [-0.2, -0.15) is 0 Å². The number of carbonyl (C=O) groups excluding carboxylic acids is 1. The van der Waals surface area contributed by atoms with Crippen LogP contribution in [-0.4, -0.2) is 34.4 Å². The molecule has 28 heavy (non-hydrogen) atoms. The zero-order chi connectivity index (χ0) is 17.8. The molecule has 5 nitrogen and oxygen atoms in total. The number of benzene rings is 1. The summed E-state index contributed by atoms with van der Waals surface area (Å²) in [5.74, 6) is 0.744. The Morgan fingerprint density at radius 3 is 2.82 bits per heavy atom. The lowest BCUT2D eigenvalue weighted by molar-refractivity contribution is 0.0927. The van der Waals surface area contributed by atoms with Gasteiger partial charge in [-0.3, -0.25) is 4.79 Å². The van der Waals surface area contributed by atoms with Gasteiger partial charge in [0.15, 0.2) is 0 Å². The van der Waals surface area contributed by atoms with Gasteiger partial charge in [-0.05, 0) is 43.7 Å². The topological polar surface area (TPSA) is 58.4 Å². The number of halogens is 2. The molecular weight excluding hydrogens is 415 g/mol. The molecule has 1 aromatic carbocycles. The largest absolute Gasteiger partial charge is 0.348 e. The van der Waals surface area contributed by atoms with Crippen LogP contribution in [0.3, 0.4) is 0 Å². The summed E-state index contributed by atoms with van der Waals surface area (Å²) in [5.41, 5.74) is 2.69. The van der Waals surface area contributed by atoms with Crippen LogP contribution in [0.15, 0.2) is 59.8 Å². The standard InChI is InChI=1S/C20H22N4OS.2ClH/c25-20(23-15-6-5-10-21-12-15)17-7-1-2-8-18(17)26-14-16-13-24-11-4-3-9-19(24)22-16;;/h1-4,7-9,11,13,15,21H,5-6,10,12,14H2,(H,23,25);2*1H/t15-;;/m0../s1. The van der Waals surface area contributed by atoms with Crippen LogP contribution in [0.5, 0.6) is 0 Å². The summed E-state index contributed by atoms with van der Waals surface area (Å²) in [7, 11) is 0. The first kappa shape index (κ1) is 22.6. The Morgan fingerprint density at radius 1 is 1.21 bits per heavy atom. The maximum Gasteiger partial charge on any atom is 0.252 e. The van der Waals surface area contributed by atoms with Crippen LogP contribution in [0.4, 0.5) is 0 Å². The minimum Gasteiger partial charge on any atom is -0.348 e. The fraction of sp³-hybridized carbons (Fsp3) is 0.300. The van der Waals surface area contributed by atoms with Crippen molar-refractivity contribution in [3.05, 3.63) is 66.1 Å². The van der Waals surface area contributed by atoms with E-state index >= 15 is 0 Å². The van der Waals surface area contributed by atoms with Crippen LogP contribution in [0.1, 0.15) is 28.9 Å². The van der Waals surface area contributed by atoms with Gasteiger partial charge in [0.2, 0.25) is 0 Å². The first-order chi connectivity index (χ1) is 12.8. The molecule has 4 rings (SSSR count). The van der Waals surface area contributed by atoms with E-state index in [0.717, 1.165) is 53.5 Å². The van der Waals surface area contributed by atoms with E-state index in [1.54, 1.807) is 11.8 Å². The van der Waals surface area contributed by atoms with Gasteiger partial charge >= 0.3 is 0 Å². The number of fused-ring (bicyclic) bond motifs is 1. The van der Waals surface area contributed by atoms with E-state index in [-0.39, 0.29) is 36.8 Å². The van der Waals surface area contributed by atoms with Crippen molar-refractivity contribution in [3.63, 3.8) is 0 Å². The third-order valence-corrected chi connectivity index (χ3v) is 5.66. The van der Waals surface area contributed by atoms with Gasteiger partial charge in [0.25, 0.3) is 5.91 Å². The number of hydrogen-bond donors (Lipinski definition) is 2. The van der Waals surface area contributed by atoms with Crippen molar-refractivity contribution in [2.45, 2.75) is 29.5 Å². The highest BCUT2D eigenvalue weighted by Crippen LogP contribution is 2.26. The molecule has 1 amide bonds. The predicted molar refractivity (Wildman–Crippen MR) is 119 cm³/mol. The Morgan fingerprint density at radius 2 is 2.04 bits per heavy atom. The summed E-state index contributed by atoms with van der Waals surface area (Å²) in [6, 6.07) is 14.0. The number of amides is 1. The van der Waals surface area contributed by atoms with Gasteiger partial charge in [-0.25, -0.2) is 4.98 Å². The van der Waals surface area contributed by atoms with E-state index < -0.39 is 0 Å². The molecule has 1 saturated heterocycles. The van der Waals surface area contributed by atoms with Crippen molar-refractivity contribution in [1.29, 1.82) is 0 Å². The molecule has 1 aliphatic heterocycles. The number of pyridine rings is 1. The van der Waals surface area contributed by atoms with Crippen molar-refractivity contribution >= 4 is 48.1 Å². The van der Waals surface area contributed by atoms with Crippen molar-refractivity contribution in [3.8, 4) is 0 Å². The fourth-order valence-corrected chi connectivity index (χ4v) is 4.16. The normalized spacial score (nSPS) is 16.1. The Hall–Kier alpha value is -1.73. The van der Waals surface area contributed by atoms with Gasteiger partial charge in [0, 0.05) is 35.6 Å². The number of aromatic nitrogens is 2. The highest BCUT2D eigenvalue weighted by atomic mass is 35.5. The number of hydrogen-bond acceptors (Lipinski definition) is 4. The van der Waals surface area contributed by atoms with Crippen molar-refractivity contribution in [1.82, 2.24) is 20.0 Å². The molecule has 3 heterocycles. The van der Waals surface area contributed by atoms with Crippen LogP contribution in [0.2, 0.25) is 0 Å². The van der Waals surface area contributed by atoms with Crippen molar-refractivity contribution in [2.75, 3.05) is 13.1 Å². The molecule has 3 aromatic rings. The van der Waals surface area contributed by atoms with Crippen molar-refractivity contribution < 1.29 is 4.79 Å². The zero-order valence-corrected chi connectivity index (χ0v) is 17.8. The molecule has 1 atom stereocenters. The third-order valence-electron chi connectivity index (χ3n) is 4.55. The minimum atomic E-state index is 0. The second-order valence-electron chi connectivity index (χ2n) is 6.50. The Kier molecular flexibility index (Phi) is 8.63. The zero-order valence-electron chi connectivity index (χ0n) is 15.3. The Bertz CT molecular complexity index is 879. The van der Waals surface area contributed by atoms with Gasteiger partial charge in [-0.1, -0.05) is 18.2 Å². The lowest BCUT2D eigenvalue weighted by atomic mass is 10.1. The van der Waals surface area contributed by atoms with E-state index in [0.29, 0.717) is 0 Å². The van der Waals surface area contributed by atoms with E-state index in [9.17, 15) is 4.79 Å². The van der Waals surface area contributed by atoms with Crippen LogP contribution < -0.4 is 10.6 Å². The minimum absolute atomic E-state index is 0. The molecule has 0 bridgehead atoms. The SMILES string of the molecule is Cl.Cl.O=C(N[C@H]1CCCNC1)c1ccccc1SCc1cn2ccccc2n1. The smallest absolute Gasteiger partial charge is 0.252 e. The molecule has 0 aliphatic carbocycles. The number of carbonyl (C=O) groups is 1. The second kappa shape index (κ2) is 10.7. The van der Waals surface area contributed by atoms with E-state index in [2.05, 4.69) is 15.6 Å². The lowest BCUT2D eigenvalue weighted by Gasteiger charge is -2.24. The van der Waals surface area contributed by atoms with Crippen molar-refractivity contribution in [2.24, 2.45) is 0 Å². The molecule has 0 spiro atoms. The maximum atomic E-state index is 12.7. The summed E-state index contributed by atoms with van der Waals surface area (Å²) >= 11 is 1.65. The molecule has 2 N–H and O–H groups in total. The highest BCUT2D eigenvalue weighted by molar-refractivity contribution is 7.98. The van der Waals surface area contributed by atoms with Crippen LogP contribution >= 0.6 is 36.6 Å². The van der Waals surface area contributed by atoms with E-state index in [1.807, 2.05) is 59.3 Å². The molecule has 8 heteroatoms. The summed E-state index contributed by atoms with van der Waals surface area (Å²) in [5, 5.41) is 6.50. The predicted octanol–water partition coefficient (Wildman–Crippen LogP) is 3.95. The first-order valence-electron chi connectivity index (χ1n) is 8.95. The highest BCUT2D eigenvalue weighted by Gasteiger charge is 2.18. The summed E-state index contributed by atoms with van der Waals surface area (Å²) in [6.07, 6.45) is 6.18. The van der Waals surface area contributed by atoms with Gasteiger partial charge in [0.1, 0.15) is 5.65 Å². The number of rotatable bonds is 5. The second-order valence-corrected chi connectivity index (χ2v) is 7.52. The quantitative estimate of drug-likeness (QED) is 0.591. The number of imidazole rings is 1. The van der Waals surface area contributed by atoms with Gasteiger partial charge in [0.05, 0.1) is 11.3 Å². The molecule has 1 fully saturated rings. The third kappa shape index (κ3) is 5.41. The number of thioether (sulfide) groups is 1. The molecular formula is C20H24Cl2N4OS.